The summed E-state index contributed by atoms with van der Waals surface area (Å²) in [4.78, 5) is 31.9. The van der Waals surface area contributed by atoms with Crippen molar-refractivity contribution in [3.63, 3.8) is 0 Å². The molecule has 1 saturated carbocycles. The van der Waals surface area contributed by atoms with Crippen LogP contribution in [0.15, 0.2) is 65.7 Å². The van der Waals surface area contributed by atoms with Gasteiger partial charge in [-0.1, -0.05) is 48.5 Å². The van der Waals surface area contributed by atoms with Crippen molar-refractivity contribution in [2.45, 2.75) is 74.5 Å². The second-order valence-electron chi connectivity index (χ2n) is 11.7. The van der Waals surface area contributed by atoms with Gasteiger partial charge in [0.05, 0.1) is 36.8 Å². The van der Waals surface area contributed by atoms with E-state index in [0.29, 0.717) is 11.1 Å². The highest BCUT2D eigenvalue weighted by molar-refractivity contribution is 6.04. The smallest absolute Gasteiger partial charge is 0.276 e. The summed E-state index contributed by atoms with van der Waals surface area (Å²) in [5, 5.41) is 46.5. The van der Waals surface area contributed by atoms with Gasteiger partial charge < -0.3 is 40.4 Å². The number of fused-ring (bicyclic) bond motifs is 2. The van der Waals surface area contributed by atoms with Gasteiger partial charge in [-0.3, -0.25) is 14.5 Å². The first kappa shape index (κ1) is 31.5. The second kappa shape index (κ2) is 12.2. The molecule has 2 aromatic carbocycles. The largest absolute Gasteiger partial charge is 0.391 e. The Labute approximate surface area is 249 Å². The molecule has 12 heteroatoms. The van der Waals surface area contributed by atoms with E-state index < -0.39 is 66.1 Å². The molecule has 1 amide bonds. The average Bonchev–Trinajstić information content (AvgIpc) is 2.98. The Balaban J connectivity index is 1.52. The molecule has 2 aliphatic heterocycles. The van der Waals surface area contributed by atoms with E-state index in [9.17, 15) is 30.0 Å². The van der Waals surface area contributed by atoms with Gasteiger partial charge in [0.15, 0.2) is 5.78 Å². The first-order valence-corrected chi connectivity index (χ1v) is 14.3. The fourth-order valence-corrected chi connectivity index (χ4v) is 6.49. The summed E-state index contributed by atoms with van der Waals surface area (Å²) in [7, 11) is 1.59. The number of aliphatic imine (C=N–C) groups is 1. The lowest BCUT2D eigenvalue weighted by atomic mass is 9.72. The maximum Gasteiger partial charge on any atom is 0.276 e. The first-order chi connectivity index (χ1) is 20.4. The van der Waals surface area contributed by atoms with Crippen LogP contribution in [-0.2, 0) is 14.2 Å². The highest BCUT2D eigenvalue weighted by Crippen LogP contribution is 2.47. The van der Waals surface area contributed by atoms with Crippen LogP contribution in [0.3, 0.4) is 0 Å². The summed E-state index contributed by atoms with van der Waals surface area (Å²) in [6, 6.07) is 15.9. The Morgan fingerprint density at radius 1 is 0.977 bits per heavy atom. The van der Waals surface area contributed by atoms with Crippen LogP contribution in [0.1, 0.15) is 41.0 Å². The summed E-state index contributed by atoms with van der Waals surface area (Å²) in [6.07, 6.45) is -7.57. The zero-order valence-corrected chi connectivity index (χ0v) is 24.3. The number of nitrogens with two attached hydrogens (primary N) is 1. The van der Waals surface area contributed by atoms with Crippen molar-refractivity contribution in [1.29, 1.82) is 0 Å². The van der Waals surface area contributed by atoms with Gasteiger partial charge >= 0.3 is 0 Å². The zero-order valence-electron chi connectivity index (χ0n) is 24.3. The van der Waals surface area contributed by atoms with Crippen LogP contribution in [0.4, 0.5) is 0 Å². The number of rotatable bonds is 7. The Bertz CT molecular complexity index is 1340. The van der Waals surface area contributed by atoms with Crippen LogP contribution in [0.5, 0.6) is 0 Å². The molecule has 2 heterocycles. The molecule has 5 rings (SSSR count). The number of hydrogen-bond donors (Lipinski definition) is 5. The summed E-state index contributed by atoms with van der Waals surface area (Å²) >= 11 is 0. The lowest BCUT2D eigenvalue weighted by Gasteiger charge is -2.60. The second-order valence-corrected chi connectivity index (χ2v) is 11.7. The highest BCUT2D eigenvalue weighted by atomic mass is 16.8. The minimum atomic E-state index is -2.45. The Hall–Kier alpha value is -2.91. The molecule has 3 fully saturated rings. The normalized spacial score (nSPS) is 37.8. The maximum atomic E-state index is 13.2. The van der Waals surface area contributed by atoms with Crippen molar-refractivity contribution in [3.05, 3.63) is 71.8 Å². The van der Waals surface area contributed by atoms with Crippen LogP contribution in [-0.4, -0.2) is 117 Å². The van der Waals surface area contributed by atoms with E-state index in [4.69, 9.17) is 19.9 Å². The van der Waals surface area contributed by atoms with Gasteiger partial charge in [-0.25, -0.2) is 4.99 Å². The standard InChI is InChI=1S/C31H39N3O9/c1-17-14-30(39,16-32)31(40)29(41-17)42-27-25(37)22(18(2)33-28(38)20-12-8-5-9-13-20)24(36)23(26(27)43-31)34(3)15-21(35)19-10-6-4-7-11-19/h4-13,17,22-27,29,36-37,39-40H,14-16,32H2,1-3H3/b33-18-/t17-,22-,23+,24?,25+,26?,27?,29?,30-,31-/m1/s1. The van der Waals surface area contributed by atoms with Crippen molar-refractivity contribution < 1.29 is 44.2 Å². The third-order valence-electron chi connectivity index (χ3n) is 8.76. The van der Waals surface area contributed by atoms with Crippen LogP contribution in [0.2, 0.25) is 0 Å². The van der Waals surface area contributed by atoms with Crippen LogP contribution in [0.25, 0.3) is 0 Å². The molecule has 0 spiro atoms. The van der Waals surface area contributed by atoms with E-state index in [1.807, 2.05) is 0 Å². The SMILES string of the molecule is C/C(=N/C(=O)c1ccccc1)[C@@H]1C(O)[C@H](N(C)CC(=O)c2ccccc2)C2O[C@]3(O)C(OC2[C@H]1O)O[C@H](C)C[C@@]3(O)CN. The van der Waals surface area contributed by atoms with Gasteiger partial charge in [-0.2, -0.15) is 0 Å². The third kappa shape index (κ3) is 5.70. The van der Waals surface area contributed by atoms with E-state index in [2.05, 4.69) is 4.99 Å². The number of ketones is 1. The van der Waals surface area contributed by atoms with Gasteiger partial charge in [0.2, 0.25) is 12.1 Å². The van der Waals surface area contributed by atoms with E-state index in [-0.39, 0.29) is 31.0 Å². The van der Waals surface area contributed by atoms with Gasteiger partial charge in [0.25, 0.3) is 5.91 Å². The molecule has 12 nitrogen and oxygen atoms in total. The number of ether oxygens (including phenoxy) is 3. The topological polar surface area (TPSA) is 184 Å². The quantitative estimate of drug-likeness (QED) is 0.216. The average molecular weight is 598 g/mol. The molecule has 0 aromatic heterocycles. The molecule has 2 saturated heterocycles. The number of nitrogens with zero attached hydrogens (tertiary/aromatic N) is 2. The summed E-state index contributed by atoms with van der Waals surface area (Å²) in [5.74, 6) is -4.38. The number of benzene rings is 2. The summed E-state index contributed by atoms with van der Waals surface area (Å²) < 4.78 is 18.1. The molecule has 2 aromatic rings. The number of aliphatic hydroxyl groups excluding tert-OH is 2. The van der Waals surface area contributed by atoms with Crippen LogP contribution in [0, 0.1) is 5.92 Å². The molecule has 232 valence electrons. The number of hydrogen-bond acceptors (Lipinski definition) is 11. The van der Waals surface area contributed by atoms with E-state index in [1.165, 1.54) is 6.92 Å². The number of aliphatic hydroxyl groups is 4. The summed E-state index contributed by atoms with van der Waals surface area (Å²) in [6.45, 7) is 2.65. The Kier molecular flexibility index (Phi) is 8.96. The van der Waals surface area contributed by atoms with Gasteiger partial charge in [-0.05, 0) is 33.0 Å². The molecule has 0 bridgehead atoms. The van der Waals surface area contributed by atoms with E-state index >= 15 is 0 Å². The van der Waals surface area contributed by atoms with Crippen molar-refractivity contribution >= 4 is 17.4 Å². The van der Waals surface area contributed by atoms with Gasteiger partial charge in [0, 0.05) is 29.8 Å². The Morgan fingerprint density at radius 3 is 2.19 bits per heavy atom. The number of Topliss-reactive ketones (excluding diaryl/α,β-unsaturated/α-hetero) is 1. The number of likely N-dealkylation sites (N-methyl/N-ethyl adjacent to an activating group) is 1. The molecular weight excluding hydrogens is 558 g/mol. The minimum absolute atomic E-state index is 0.0641. The van der Waals surface area contributed by atoms with Gasteiger partial charge in [-0.15, -0.1) is 0 Å². The third-order valence-corrected chi connectivity index (χ3v) is 8.76. The van der Waals surface area contributed by atoms with Crippen molar-refractivity contribution in [3.8, 4) is 0 Å². The van der Waals surface area contributed by atoms with Crippen LogP contribution >= 0.6 is 0 Å². The first-order valence-electron chi connectivity index (χ1n) is 14.3. The molecule has 3 aliphatic rings. The van der Waals surface area contributed by atoms with Crippen LogP contribution < -0.4 is 5.73 Å². The van der Waals surface area contributed by atoms with E-state index in [1.54, 1.807) is 79.5 Å². The molecule has 10 atom stereocenters. The molecule has 1 aliphatic carbocycles. The predicted molar refractivity (Wildman–Crippen MR) is 154 cm³/mol. The molecule has 6 N–H and O–H groups in total. The van der Waals surface area contributed by atoms with Crippen molar-refractivity contribution in [1.82, 2.24) is 4.90 Å². The predicted octanol–water partition coefficient (Wildman–Crippen LogP) is 0.120. The highest BCUT2D eigenvalue weighted by Gasteiger charge is 2.68. The number of amides is 1. The van der Waals surface area contributed by atoms with Crippen molar-refractivity contribution in [2.75, 3.05) is 20.1 Å². The summed E-state index contributed by atoms with van der Waals surface area (Å²) in [5.41, 5.74) is 4.83. The lowest BCUT2D eigenvalue weighted by molar-refractivity contribution is -0.483. The monoisotopic (exact) mass is 597 g/mol. The number of carbonyl (C=O) groups excluding carboxylic acids is 2. The fourth-order valence-electron chi connectivity index (χ4n) is 6.49. The Morgan fingerprint density at radius 2 is 1.58 bits per heavy atom. The number of carbonyl (C=O) groups is 2. The molecule has 0 radical (unpaired) electrons. The fraction of sp³-hybridized carbons (Fsp3) is 0.516. The van der Waals surface area contributed by atoms with E-state index in [0.717, 1.165) is 0 Å². The maximum absolute atomic E-state index is 13.2. The molecule has 43 heavy (non-hydrogen) atoms. The zero-order chi connectivity index (χ0) is 31.1. The molecule has 4 unspecified atom stereocenters. The lowest BCUT2D eigenvalue weighted by Crippen LogP contribution is -2.80. The van der Waals surface area contributed by atoms with Crippen molar-refractivity contribution in [2.24, 2.45) is 16.6 Å². The van der Waals surface area contributed by atoms with Gasteiger partial charge in [0.1, 0.15) is 17.8 Å². The molecular formula is C31H39N3O9. The minimum Gasteiger partial charge on any atom is -0.391 e.